The van der Waals surface area contributed by atoms with E-state index in [-0.39, 0.29) is 22.2 Å². The van der Waals surface area contributed by atoms with Crippen molar-refractivity contribution in [3.05, 3.63) is 57.1 Å². The van der Waals surface area contributed by atoms with Gasteiger partial charge in [-0.3, -0.25) is 14.9 Å². The third-order valence-electron chi connectivity index (χ3n) is 3.04. The van der Waals surface area contributed by atoms with Crippen LogP contribution in [0.4, 0.5) is 11.4 Å². The molecule has 1 N–H and O–H groups in total. The first kappa shape index (κ1) is 18.8. The third-order valence-corrected chi connectivity index (χ3v) is 4.60. The van der Waals surface area contributed by atoms with E-state index in [2.05, 4.69) is 10.1 Å². The predicted molar refractivity (Wildman–Crippen MR) is 94.3 cm³/mol. The van der Waals surface area contributed by atoms with E-state index in [0.29, 0.717) is 10.6 Å². The predicted octanol–water partition coefficient (Wildman–Crippen LogP) is 4.14. The molecular formula is C16H13ClN2O5S. The van der Waals surface area contributed by atoms with Crippen LogP contribution in [0.1, 0.15) is 17.3 Å². The van der Waals surface area contributed by atoms with Gasteiger partial charge in [0.05, 0.1) is 22.6 Å². The zero-order valence-electron chi connectivity index (χ0n) is 13.2. The lowest BCUT2D eigenvalue weighted by molar-refractivity contribution is -0.384. The van der Waals surface area contributed by atoms with Crippen molar-refractivity contribution >= 4 is 46.6 Å². The summed E-state index contributed by atoms with van der Waals surface area (Å²) in [6.07, 6.45) is 0. The summed E-state index contributed by atoms with van der Waals surface area (Å²) >= 11 is 7.30. The lowest BCUT2D eigenvalue weighted by Crippen LogP contribution is -2.05. The SMILES string of the molecule is COC(=O)c1cc([N+](=O)[O-])cc(Cl)c1Sc1ccc(NC(C)=O)cc1. The van der Waals surface area contributed by atoms with Crippen LogP contribution in [0.3, 0.4) is 0 Å². The van der Waals surface area contributed by atoms with Crippen molar-refractivity contribution in [1.29, 1.82) is 0 Å². The Morgan fingerprint density at radius 3 is 2.40 bits per heavy atom. The molecule has 130 valence electrons. The van der Waals surface area contributed by atoms with Gasteiger partial charge in [0.15, 0.2) is 0 Å². The number of nitro benzene ring substituents is 1. The molecule has 0 aliphatic heterocycles. The number of hydrogen-bond donors (Lipinski definition) is 1. The molecule has 0 heterocycles. The Hall–Kier alpha value is -2.58. The number of nitrogens with zero attached hydrogens (tertiary/aromatic N) is 1. The Balaban J connectivity index is 2.39. The van der Waals surface area contributed by atoms with Crippen LogP contribution in [0.2, 0.25) is 5.02 Å². The number of amides is 1. The summed E-state index contributed by atoms with van der Waals surface area (Å²) < 4.78 is 4.69. The van der Waals surface area contributed by atoms with Crippen LogP contribution in [-0.2, 0) is 9.53 Å². The molecule has 0 saturated carbocycles. The highest BCUT2D eigenvalue weighted by molar-refractivity contribution is 7.99. The minimum absolute atomic E-state index is 0.0117. The number of nitrogens with one attached hydrogen (secondary N) is 1. The van der Waals surface area contributed by atoms with Gasteiger partial charge in [-0.25, -0.2) is 4.79 Å². The Kier molecular flexibility index (Phi) is 6.00. The van der Waals surface area contributed by atoms with Gasteiger partial charge in [-0.05, 0) is 24.3 Å². The van der Waals surface area contributed by atoms with Crippen molar-refractivity contribution in [1.82, 2.24) is 0 Å². The zero-order valence-corrected chi connectivity index (χ0v) is 14.8. The Bertz CT molecular complexity index is 839. The van der Waals surface area contributed by atoms with E-state index in [4.69, 9.17) is 11.6 Å². The number of hydrogen-bond acceptors (Lipinski definition) is 6. The normalized spacial score (nSPS) is 10.2. The summed E-state index contributed by atoms with van der Waals surface area (Å²) in [7, 11) is 1.19. The number of halogens is 1. The second-order valence-electron chi connectivity index (χ2n) is 4.86. The summed E-state index contributed by atoms with van der Waals surface area (Å²) in [6, 6.07) is 9.17. The number of carbonyl (C=O) groups excluding carboxylic acids is 2. The van der Waals surface area contributed by atoms with Gasteiger partial charge in [-0.2, -0.15) is 0 Å². The molecule has 0 aliphatic rings. The number of non-ortho nitro benzene ring substituents is 1. The number of esters is 1. The molecule has 0 atom stereocenters. The van der Waals surface area contributed by atoms with Crippen LogP contribution < -0.4 is 5.32 Å². The number of carbonyl (C=O) groups is 2. The van der Waals surface area contributed by atoms with E-state index in [1.54, 1.807) is 24.3 Å². The molecule has 25 heavy (non-hydrogen) atoms. The van der Waals surface area contributed by atoms with Crippen molar-refractivity contribution in [2.75, 3.05) is 12.4 Å². The van der Waals surface area contributed by atoms with Gasteiger partial charge < -0.3 is 10.1 Å². The maximum absolute atomic E-state index is 12.0. The van der Waals surface area contributed by atoms with Gasteiger partial charge in [-0.15, -0.1) is 0 Å². The van der Waals surface area contributed by atoms with Crippen LogP contribution in [0, 0.1) is 10.1 Å². The second kappa shape index (κ2) is 8.00. The highest BCUT2D eigenvalue weighted by Gasteiger charge is 2.22. The fourth-order valence-electron chi connectivity index (χ4n) is 1.98. The van der Waals surface area contributed by atoms with Crippen LogP contribution in [0.15, 0.2) is 46.2 Å². The lowest BCUT2D eigenvalue weighted by Gasteiger charge is -2.10. The largest absolute Gasteiger partial charge is 0.465 e. The third kappa shape index (κ3) is 4.71. The number of nitro groups is 1. The summed E-state index contributed by atoms with van der Waals surface area (Å²) in [5, 5.41) is 13.7. The van der Waals surface area contributed by atoms with Gasteiger partial charge in [0, 0.05) is 34.5 Å². The molecule has 1 amide bonds. The highest BCUT2D eigenvalue weighted by Crippen LogP contribution is 2.39. The fourth-order valence-corrected chi connectivity index (χ4v) is 3.22. The summed E-state index contributed by atoms with van der Waals surface area (Å²) in [4.78, 5) is 34.4. The molecule has 9 heteroatoms. The van der Waals surface area contributed by atoms with Gasteiger partial charge in [0.2, 0.25) is 5.91 Å². The average Bonchev–Trinajstić information content (AvgIpc) is 2.56. The minimum atomic E-state index is -0.719. The highest BCUT2D eigenvalue weighted by atomic mass is 35.5. The Labute approximate surface area is 152 Å². The van der Waals surface area contributed by atoms with Gasteiger partial charge in [-0.1, -0.05) is 23.4 Å². The number of rotatable bonds is 5. The van der Waals surface area contributed by atoms with E-state index in [0.717, 1.165) is 22.7 Å². The monoisotopic (exact) mass is 380 g/mol. The van der Waals surface area contributed by atoms with E-state index < -0.39 is 10.9 Å². The first-order chi connectivity index (χ1) is 11.8. The smallest absolute Gasteiger partial charge is 0.339 e. The van der Waals surface area contributed by atoms with Crippen molar-refractivity contribution in [3.8, 4) is 0 Å². The number of ether oxygens (including phenoxy) is 1. The maximum Gasteiger partial charge on any atom is 0.339 e. The van der Waals surface area contributed by atoms with Crippen LogP contribution in [0.25, 0.3) is 0 Å². The summed E-state index contributed by atoms with van der Waals surface area (Å²) in [5.74, 6) is -0.908. The Morgan fingerprint density at radius 1 is 1.24 bits per heavy atom. The molecule has 0 aliphatic carbocycles. The molecule has 0 unspecified atom stereocenters. The molecule has 0 aromatic heterocycles. The standard InChI is InChI=1S/C16H13ClN2O5S/c1-9(20)18-10-3-5-12(6-4-10)25-15-13(16(21)24-2)7-11(19(22)23)8-14(15)17/h3-8H,1-2H3,(H,18,20). The van der Waals surface area contributed by atoms with Gasteiger partial charge >= 0.3 is 5.97 Å². The Morgan fingerprint density at radius 2 is 1.88 bits per heavy atom. The topological polar surface area (TPSA) is 98.5 Å². The lowest BCUT2D eigenvalue weighted by atomic mass is 10.2. The van der Waals surface area contributed by atoms with Crippen molar-refractivity contribution < 1.29 is 19.2 Å². The number of benzene rings is 2. The molecule has 0 radical (unpaired) electrons. The number of anilines is 1. The van der Waals surface area contributed by atoms with Crippen molar-refractivity contribution in [3.63, 3.8) is 0 Å². The quantitative estimate of drug-likeness (QED) is 0.475. The molecule has 0 bridgehead atoms. The molecular weight excluding hydrogens is 368 g/mol. The summed E-state index contributed by atoms with van der Waals surface area (Å²) in [6.45, 7) is 1.40. The zero-order chi connectivity index (χ0) is 18.6. The van der Waals surface area contributed by atoms with Crippen LogP contribution in [0.5, 0.6) is 0 Å². The molecule has 2 rings (SSSR count). The van der Waals surface area contributed by atoms with Crippen LogP contribution in [-0.4, -0.2) is 23.9 Å². The van der Waals surface area contributed by atoms with Crippen LogP contribution >= 0.6 is 23.4 Å². The fraction of sp³-hybridized carbons (Fsp3) is 0.125. The molecule has 0 saturated heterocycles. The van der Waals surface area contributed by atoms with E-state index in [1.807, 2.05) is 0 Å². The van der Waals surface area contributed by atoms with Crippen molar-refractivity contribution in [2.45, 2.75) is 16.7 Å². The first-order valence-electron chi connectivity index (χ1n) is 6.93. The molecule has 2 aromatic carbocycles. The number of methoxy groups -OCH3 is 1. The van der Waals surface area contributed by atoms with Gasteiger partial charge in [0.1, 0.15) is 0 Å². The molecule has 0 spiro atoms. The van der Waals surface area contributed by atoms with Crippen molar-refractivity contribution in [2.24, 2.45) is 0 Å². The maximum atomic E-state index is 12.0. The molecule has 2 aromatic rings. The average molecular weight is 381 g/mol. The van der Waals surface area contributed by atoms with E-state index in [9.17, 15) is 19.7 Å². The molecule has 7 nitrogen and oxygen atoms in total. The summed E-state index contributed by atoms with van der Waals surface area (Å²) in [5.41, 5.74) is 0.341. The first-order valence-corrected chi connectivity index (χ1v) is 8.13. The minimum Gasteiger partial charge on any atom is -0.465 e. The van der Waals surface area contributed by atoms with E-state index in [1.165, 1.54) is 20.1 Å². The van der Waals surface area contributed by atoms with E-state index >= 15 is 0 Å². The second-order valence-corrected chi connectivity index (χ2v) is 6.35. The molecule has 0 fully saturated rings. The van der Waals surface area contributed by atoms with Gasteiger partial charge in [0.25, 0.3) is 5.69 Å².